The highest BCUT2D eigenvalue weighted by molar-refractivity contribution is 5.41. The summed E-state index contributed by atoms with van der Waals surface area (Å²) in [5, 5.41) is 8.76. The van der Waals surface area contributed by atoms with Gasteiger partial charge in [-0.25, -0.2) is 0 Å². The van der Waals surface area contributed by atoms with Gasteiger partial charge in [-0.3, -0.25) is 4.79 Å². The van der Waals surface area contributed by atoms with Crippen molar-refractivity contribution in [3.8, 4) is 11.8 Å². The average molecular weight is 253 g/mol. The van der Waals surface area contributed by atoms with Gasteiger partial charge in [0.05, 0.1) is 6.54 Å². The second-order valence-electron chi connectivity index (χ2n) is 4.24. The lowest BCUT2D eigenvalue weighted by molar-refractivity contribution is 0.350. The van der Waals surface area contributed by atoms with Gasteiger partial charge in [0.2, 0.25) is 0 Å². The van der Waals surface area contributed by atoms with Crippen LogP contribution < -0.4 is 5.56 Å². The molecule has 0 aliphatic heterocycles. The summed E-state index contributed by atoms with van der Waals surface area (Å²) in [4.78, 5) is 12.0. The Morgan fingerprint density at radius 1 is 1.21 bits per heavy atom. The number of hydrogen-bond donors (Lipinski definition) is 1. The zero-order valence-corrected chi connectivity index (χ0v) is 10.8. The molecule has 0 spiro atoms. The van der Waals surface area contributed by atoms with Crippen LogP contribution >= 0.6 is 0 Å². The monoisotopic (exact) mass is 253 g/mol. The Morgan fingerprint density at radius 3 is 2.79 bits per heavy atom. The van der Waals surface area contributed by atoms with Gasteiger partial charge in [0.25, 0.3) is 5.56 Å². The Morgan fingerprint density at radius 2 is 2.00 bits per heavy atom. The molecule has 1 aromatic carbocycles. The summed E-state index contributed by atoms with van der Waals surface area (Å²) in [6.45, 7) is 2.12. The van der Waals surface area contributed by atoms with Gasteiger partial charge in [-0.1, -0.05) is 36.1 Å². The molecule has 0 bridgehead atoms. The Hall–Kier alpha value is -2.31. The van der Waals surface area contributed by atoms with Gasteiger partial charge in [-0.2, -0.15) is 0 Å². The normalized spacial score (nSPS) is 9.79. The number of hydrogen-bond acceptors (Lipinski definition) is 2. The summed E-state index contributed by atoms with van der Waals surface area (Å²) >= 11 is 0. The van der Waals surface area contributed by atoms with Crippen LogP contribution in [-0.4, -0.2) is 16.3 Å². The number of aliphatic hydroxyl groups excluding tert-OH is 1. The second-order valence-corrected chi connectivity index (χ2v) is 4.24. The molecule has 0 saturated carbocycles. The molecule has 1 N–H and O–H groups in total. The lowest BCUT2D eigenvalue weighted by atomic mass is 10.1. The van der Waals surface area contributed by atoms with Crippen LogP contribution in [-0.2, 0) is 6.54 Å². The molecule has 96 valence electrons. The van der Waals surface area contributed by atoms with Gasteiger partial charge in [0, 0.05) is 17.3 Å². The van der Waals surface area contributed by atoms with E-state index in [-0.39, 0.29) is 12.2 Å². The first kappa shape index (κ1) is 13.1. The minimum Gasteiger partial charge on any atom is -0.384 e. The predicted octanol–water partition coefficient (Wildman–Crippen LogP) is 1.55. The number of aliphatic hydroxyl groups is 1. The maximum Gasteiger partial charge on any atom is 0.253 e. The van der Waals surface area contributed by atoms with E-state index < -0.39 is 0 Å². The zero-order chi connectivity index (χ0) is 13.7. The summed E-state index contributed by atoms with van der Waals surface area (Å²) in [7, 11) is 0. The summed E-state index contributed by atoms with van der Waals surface area (Å²) in [5.41, 5.74) is 2.54. The standard InChI is InChI=1S/C16H15NO2/c1-13-6-4-10-17(16(13)19)12-15-8-3-2-7-14(15)9-5-11-18/h2-4,6-8,10,18H,11-12H2,1H3. The average Bonchev–Trinajstić information content (AvgIpc) is 2.43. The molecule has 3 nitrogen and oxygen atoms in total. The molecular weight excluding hydrogens is 238 g/mol. The van der Waals surface area contributed by atoms with E-state index in [0.717, 1.165) is 16.7 Å². The number of pyridine rings is 1. The van der Waals surface area contributed by atoms with Crippen LogP contribution in [0, 0.1) is 18.8 Å². The minimum atomic E-state index is -0.168. The molecule has 0 atom stereocenters. The third-order valence-electron chi connectivity index (χ3n) is 2.87. The Bertz CT molecular complexity index is 690. The highest BCUT2D eigenvalue weighted by atomic mass is 16.2. The molecule has 0 saturated heterocycles. The van der Waals surface area contributed by atoms with Crippen molar-refractivity contribution in [2.24, 2.45) is 0 Å². The van der Waals surface area contributed by atoms with Crippen LogP contribution in [0.5, 0.6) is 0 Å². The summed E-state index contributed by atoms with van der Waals surface area (Å²) in [5.74, 6) is 5.54. The first-order chi connectivity index (χ1) is 9.22. The van der Waals surface area contributed by atoms with E-state index in [9.17, 15) is 4.79 Å². The molecule has 1 heterocycles. The first-order valence-electron chi connectivity index (χ1n) is 6.06. The van der Waals surface area contributed by atoms with E-state index in [1.165, 1.54) is 0 Å². The van der Waals surface area contributed by atoms with Crippen LogP contribution in [0.25, 0.3) is 0 Å². The van der Waals surface area contributed by atoms with E-state index in [1.54, 1.807) is 23.8 Å². The van der Waals surface area contributed by atoms with Gasteiger partial charge in [0.1, 0.15) is 6.61 Å². The Kier molecular flexibility index (Phi) is 4.17. The van der Waals surface area contributed by atoms with Crippen LogP contribution in [0.4, 0.5) is 0 Å². The van der Waals surface area contributed by atoms with Crippen molar-refractivity contribution in [3.63, 3.8) is 0 Å². The van der Waals surface area contributed by atoms with E-state index in [2.05, 4.69) is 11.8 Å². The summed E-state index contributed by atoms with van der Waals surface area (Å²) in [6.07, 6.45) is 1.77. The van der Waals surface area contributed by atoms with Gasteiger partial charge < -0.3 is 9.67 Å². The van der Waals surface area contributed by atoms with Gasteiger partial charge >= 0.3 is 0 Å². The highest BCUT2D eigenvalue weighted by Crippen LogP contribution is 2.08. The summed E-state index contributed by atoms with van der Waals surface area (Å²) in [6, 6.07) is 11.3. The molecule has 0 amide bonds. The molecule has 3 heteroatoms. The topological polar surface area (TPSA) is 42.2 Å². The van der Waals surface area contributed by atoms with Crippen molar-refractivity contribution in [1.29, 1.82) is 0 Å². The van der Waals surface area contributed by atoms with E-state index >= 15 is 0 Å². The second kappa shape index (κ2) is 6.03. The van der Waals surface area contributed by atoms with Crippen molar-refractivity contribution in [2.45, 2.75) is 13.5 Å². The smallest absolute Gasteiger partial charge is 0.253 e. The SMILES string of the molecule is Cc1cccn(Cc2ccccc2C#CCO)c1=O. The lowest BCUT2D eigenvalue weighted by Gasteiger charge is -2.08. The number of nitrogens with zero attached hydrogens (tertiary/aromatic N) is 1. The third-order valence-corrected chi connectivity index (χ3v) is 2.87. The fourth-order valence-electron chi connectivity index (χ4n) is 1.88. The molecule has 2 aromatic rings. The quantitative estimate of drug-likeness (QED) is 0.825. The highest BCUT2D eigenvalue weighted by Gasteiger charge is 2.03. The molecule has 2 rings (SSSR count). The van der Waals surface area contributed by atoms with Gasteiger partial charge in [-0.15, -0.1) is 0 Å². The molecule has 0 unspecified atom stereocenters. The Labute approximate surface area is 112 Å². The molecule has 0 radical (unpaired) electrons. The largest absolute Gasteiger partial charge is 0.384 e. The fourth-order valence-corrected chi connectivity index (χ4v) is 1.88. The van der Waals surface area contributed by atoms with Crippen LogP contribution in [0.1, 0.15) is 16.7 Å². The fraction of sp³-hybridized carbons (Fsp3) is 0.188. The zero-order valence-electron chi connectivity index (χ0n) is 10.8. The lowest BCUT2D eigenvalue weighted by Crippen LogP contribution is -2.22. The molecule has 0 aliphatic carbocycles. The van der Waals surface area contributed by atoms with Crippen LogP contribution in [0.15, 0.2) is 47.4 Å². The van der Waals surface area contributed by atoms with E-state index in [4.69, 9.17) is 5.11 Å². The molecule has 19 heavy (non-hydrogen) atoms. The van der Waals surface area contributed by atoms with Crippen molar-refractivity contribution < 1.29 is 5.11 Å². The number of aromatic nitrogens is 1. The Balaban J connectivity index is 2.39. The first-order valence-corrected chi connectivity index (χ1v) is 6.06. The summed E-state index contributed by atoms with van der Waals surface area (Å²) < 4.78 is 1.66. The van der Waals surface area contributed by atoms with Gasteiger partial charge in [0.15, 0.2) is 0 Å². The number of benzene rings is 1. The minimum absolute atomic E-state index is 0.00687. The molecule has 0 fully saturated rings. The van der Waals surface area contributed by atoms with Crippen LogP contribution in [0.2, 0.25) is 0 Å². The van der Waals surface area contributed by atoms with Crippen LogP contribution in [0.3, 0.4) is 0 Å². The van der Waals surface area contributed by atoms with Crippen molar-refractivity contribution in [2.75, 3.05) is 6.61 Å². The number of rotatable bonds is 2. The van der Waals surface area contributed by atoms with Crippen molar-refractivity contribution in [1.82, 2.24) is 4.57 Å². The maximum absolute atomic E-state index is 12.0. The maximum atomic E-state index is 12.0. The van der Waals surface area contributed by atoms with E-state index in [1.807, 2.05) is 30.3 Å². The number of aryl methyl sites for hydroxylation is 1. The molecule has 0 aliphatic rings. The molecular formula is C16H15NO2. The molecule has 1 aromatic heterocycles. The third kappa shape index (κ3) is 3.12. The van der Waals surface area contributed by atoms with E-state index in [0.29, 0.717) is 6.54 Å². The van der Waals surface area contributed by atoms with Crippen molar-refractivity contribution in [3.05, 3.63) is 69.6 Å². The predicted molar refractivity (Wildman–Crippen MR) is 74.9 cm³/mol. The van der Waals surface area contributed by atoms with Crippen molar-refractivity contribution >= 4 is 0 Å². The van der Waals surface area contributed by atoms with Gasteiger partial charge in [-0.05, 0) is 24.6 Å².